The molecule has 0 aliphatic carbocycles. The van der Waals surface area contributed by atoms with Gasteiger partial charge in [-0.2, -0.15) is 0 Å². The number of esters is 1. The Morgan fingerprint density at radius 1 is 1.33 bits per heavy atom. The Morgan fingerprint density at radius 3 is 2.56 bits per heavy atom. The number of ether oxygens (including phenoxy) is 3. The van der Waals surface area contributed by atoms with E-state index < -0.39 is 11.5 Å². The number of carbonyl (C=O) groups excluding carboxylic acids is 1. The van der Waals surface area contributed by atoms with Crippen LogP contribution in [0.3, 0.4) is 0 Å². The highest BCUT2D eigenvalue weighted by Crippen LogP contribution is 2.31. The molecule has 0 N–H and O–H groups in total. The molecular weight excluding hydrogens is 234 g/mol. The highest BCUT2D eigenvalue weighted by molar-refractivity contribution is 6.33. The maximum Gasteiger partial charge on any atom is 0.393 e. The molecule has 0 amide bonds. The lowest BCUT2D eigenvalue weighted by molar-refractivity contribution is -0.134. The molecule has 1 atom stereocenters. The number of nitrogens with zero attached hydrogens (tertiary/aromatic N) is 1. The average Bonchev–Trinajstić information content (AvgIpc) is 2.82. The smallest absolute Gasteiger partial charge is 0.393 e. The van der Waals surface area contributed by atoms with Crippen LogP contribution in [-0.4, -0.2) is 32.7 Å². The molecule has 0 saturated carbocycles. The molecule has 0 fully saturated rings. The van der Waals surface area contributed by atoms with E-state index in [1.807, 2.05) is 31.2 Å². The molecule has 2 rings (SSSR count). The second-order valence-corrected chi connectivity index (χ2v) is 4.20. The van der Waals surface area contributed by atoms with Crippen LogP contribution in [0, 0.1) is 0 Å². The summed E-state index contributed by atoms with van der Waals surface area (Å²) < 4.78 is 15.0. The summed E-state index contributed by atoms with van der Waals surface area (Å²) in [7, 11) is 2.92. The number of benzene rings is 1. The van der Waals surface area contributed by atoms with Gasteiger partial charge in [0.2, 0.25) is 0 Å². The zero-order chi connectivity index (χ0) is 13.2. The molecule has 0 aromatic heterocycles. The van der Waals surface area contributed by atoms with Crippen molar-refractivity contribution in [2.24, 2.45) is 4.99 Å². The van der Waals surface area contributed by atoms with E-state index in [0.717, 1.165) is 11.3 Å². The third-order valence-electron chi connectivity index (χ3n) is 2.91. The van der Waals surface area contributed by atoms with Crippen molar-refractivity contribution < 1.29 is 19.0 Å². The van der Waals surface area contributed by atoms with Crippen molar-refractivity contribution in [3.05, 3.63) is 29.8 Å². The Bertz CT molecular complexity index is 480. The van der Waals surface area contributed by atoms with E-state index >= 15 is 0 Å². The van der Waals surface area contributed by atoms with Gasteiger partial charge in [-0.3, -0.25) is 0 Å². The lowest BCUT2D eigenvalue weighted by Crippen LogP contribution is -2.20. The summed E-state index contributed by atoms with van der Waals surface area (Å²) in [6, 6.07) is 7.52. The predicted molar refractivity (Wildman–Crippen MR) is 65.7 cm³/mol. The highest BCUT2D eigenvalue weighted by atomic mass is 16.6. The van der Waals surface area contributed by atoms with E-state index in [1.54, 1.807) is 7.11 Å². The topological polar surface area (TPSA) is 57.1 Å². The normalized spacial score (nSPS) is 22.1. The Labute approximate surface area is 105 Å². The molecule has 1 aliphatic heterocycles. The summed E-state index contributed by atoms with van der Waals surface area (Å²) in [6.45, 7) is 2.23. The van der Waals surface area contributed by atoms with E-state index in [1.165, 1.54) is 7.11 Å². The number of aliphatic imine (C=N–C) groups is 1. The minimum atomic E-state index is -0.560. The highest BCUT2D eigenvalue weighted by Gasteiger charge is 2.36. The summed E-state index contributed by atoms with van der Waals surface area (Å²) in [5.41, 5.74) is 0.401. The van der Waals surface area contributed by atoms with Gasteiger partial charge in [-0.05, 0) is 24.6 Å². The summed E-state index contributed by atoms with van der Waals surface area (Å²) >= 11 is 0. The standard InChI is InChI=1S/C13H15NO4/c1-13(8-18-11(14-13)12(15)17-3)9-4-6-10(16-2)7-5-9/h4-7H,8H2,1-3H3. The fraction of sp³-hybridized carbons (Fsp3) is 0.385. The van der Waals surface area contributed by atoms with Gasteiger partial charge in [0.25, 0.3) is 5.90 Å². The third kappa shape index (κ3) is 2.16. The van der Waals surface area contributed by atoms with Crippen molar-refractivity contribution in [1.29, 1.82) is 0 Å². The van der Waals surface area contributed by atoms with Gasteiger partial charge >= 0.3 is 5.97 Å². The Balaban J connectivity index is 2.26. The average molecular weight is 249 g/mol. The lowest BCUT2D eigenvalue weighted by Gasteiger charge is -2.18. The second kappa shape index (κ2) is 4.68. The van der Waals surface area contributed by atoms with Gasteiger partial charge in [-0.15, -0.1) is 0 Å². The second-order valence-electron chi connectivity index (χ2n) is 4.20. The van der Waals surface area contributed by atoms with Gasteiger partial charge in [0.15, 0.2) is 0 Å². The van der Waals surface area contributed by atoms with Crippen molar-refractivity contribution in [3.8, 4) is 5.75 Å². The van der Waals surface area contributed by atoms with Gasteiger partial charge in [-0.1, -0.05) is 12.1 Å². The van der Waals surface area contributed by atoms with E-state index in [2.05, 4.69) is 9.73 Å². The number of rotatable bonds is 3. The van der Waals surface area contributed by atoms with Gasteiger partial charge in [0.1, 0.15) is 17.9 Å². The lowest BCUT2D eigenvalue weighted by atomic mass is 9.94. The maximum absolute atomic E-state index is 11.3. The van der Waals surface area contributed by atoms with Crippen LogP contribution in [0.5, 0.6) is 5.75 Å². The van der Waals surface area contributed by atoms with Crippen molar-refractivity contribution in [2.45, 2.75) is 12.5 Å². The first-order valence-corrected chi connectivity index (χ1v) is 5.54. The molecule has 0 bridgehead atoms. The summed E-state index contributed by atoms with van der Waals surface area (Å²) in [4.78, 5) is 15.6. The molecule has 1 heterocycles. The van der Waals surface area contributed by atoms with E-state index in [0.29, 0.717) is 6.61 Å². The molecule has 18 heavy (non-hydrogen) atoms. The molecule has 5 nitrogen and oxygen atoms in total. The van der Waals surface area contributed by atoms with Gasteiger partial charge in [0.05, 0.1) is 14.2 Å². The maximum atomic E-state index is 11.3. The molecule has 1 aromatic carbocycles. The van der Waals surface area contributed by atoms with Crippen LogP contribution in [0.25, 0.3) is 0 Å². The minimum absolute atomic E-state index is 0.0239. The zero-order valence-corrected chi connectivity index (χ0v) is 10.6. The molecule has 5 heteroatoms. The minimum Gasteiger partial charge on any atom is -0.497 e. The van der Waals surface area contributed by atoms with Crippen LogP contribution < -0.4 is 4.74 Å². The van der Waals surface area contributed by atoms with Crippen molar-refractivity contribution in [1.82, 2.24) is 0 Å². The number of hydrogen-bond acceptors (Lipinski definition) is 5. The van der Waals surface area contributed by atoms with E-state index in [9.17, 15) is 4.79 Å². The molecular formula is C13H15NO4. The van der Waals surface area contributed by atoms with Gasteiger partial charge < -0.3 is 14.2 Å². The fourth-order valence-electron chi connectivity index (χ4n) is 1.79. The van der Waals surface area contributed by atoms with Crippen LogP contribution >= 0.6 is 0 Å². The first-order valence-electron chi connectivity index (χ1n) is 5.54. The molecule has 1 aromatic rings. The third-order valence-corrected chi connectivity index (χ3v) is 2.91. The van der Waals surface area contributed by atoms with Gasteiger partial charge in [-0.25, -0.2) is 9.79 Å². The van der Waals surface area contributed by atoms with E-state index in [4.69, 9.17) is 9.47 Å². The molecule has 96 valence electrons. The predicted octanol–water partition coefficient (Wildman–Crippen LogP) is 1.51. The first-order chi connectivity index (χ1) is 8.59. The zero-order valence-electron chi connectivity index (χ0n) is 10.6. The van der Waals surface area contributed by atoms with Crippen LogP contribution in [0.1, 0.15) is 12.5 Å². The Hall–Kier alpha value is -2.04. The van der Waals surface area contributed by atoms with Crippen molar-refractivity contribution >= 4 is 11.9 Å². The molecule has 0 radical (unpaired) electrons. The van der Waals surface area contributed by atoms with Crippen LogP contribution in [0.2, 0.25) is 0 Å². The molecule has 0 spiro atoms. The SMILES string of the molecule is COC(=O)C1=NC(C)(c2ccc(OC)cc2)CO1. The Morgan fingerprint density at radius 2 is 2.00 bits per heavy atom. The summed E-state index contributed by atoms with van der Waals surface area (Å²) in [6.07, 6.45) is 0. The molecule has 0 saturated heterocycles. The van der Waals surface area contributed by atoms with Gasteiger partial charge in [0, 0.05) is 0 Å². The number of carbonyl (C=O) groups is 1. The van der Waals surface area contributed by atoms with Crippen molar-refractivity contribution in [2.75, 3.05) is 20.8 Å². The van der Waals surface area contributed by atoms with Crippen LogP contribution in [-0.2, 0) is 19.8 Å². The van der Waals surface area contributed by atoms with Crippen molar-refractivity contribution in [3.63, 3.8) is 0 Å². The fourth-order valence-corrected chi connectivity index (χ4v) is 1.79. The Kier molecular flexibility index (Phi) is 3.23. The molecule has 1 unspecified atom stereocenters. The summed E-state index contributed by atoms with van der Waals surface area (Å²) in [5.74, 6) is 0.251. The number of hydrogen-bond donors (Lipinski definition) is 0. The monoisotopic (exact) mass is 249 g/mol. The van der Waals surface area contributed by atoms with Crippen LogP contribution in [0.4, 0.5) is 0 Å². The number of methoxy groups -OCH3 is 2. The quantitative estimate of drug-likeness (QED) is 0.762. The molecule has 1 aliphatic rings. The first kappa shape index (κ1) is 12.4. The largest absolute Gasteiger partial charge is 0.497 e. The summed E-state index contributed by atoms with van der Waals surface area (Å²) in [5, 5.41) is 0. The van der Waals surface area contributed by atoms with Crippen LogP contribution in [0.15, 0.2) is 29.3 Å². The van der Waals surface area contributed by atoms with E-state index in [-0.39, 0.29) is 5.90 Å².